The van der Waals surface area contributed by atoms with E-state index in [0.717, 1.165) is 5.69 Å². The highest BCUT2D eigenvalue weighted by molar-refractivity contribution is 7.89. The Kier molecular flexibility index (Phi) is 5.90. The number of nitrogens with zero attached hydrogens (tertiary/aromatic N) is 1. The standard InChI is InChI=1S/C12H20N4O3S/c1-4-16-20(18,19)6-5-14-12(17)10-8-15-9(2)7-11(10)13-3/h7-8,16H,4-6H2,1-3H3,(H,13,15)(H,14,17). The normalized spacial score (nSPS) is 11.2. The number of rotatable bonds is 7. The van der Waals surface area contributed by atoms with Gasteiger partial charge in [0.1, 0.15) is 0 Å². The van der Waals surface area contributed by atoms with Crippen LogP contribution in [0.5, 0.6) is 0 Å². The van der Waals surface area contributed by atoms with Crippen LogP contribution in [0.4, 0.5) is 5.69 Å². The molecule has 0 fully saturated rings. The molecule has 3 N–H and O–H groups in total. The van der Waals surface area contributed by atoms with Crippen molar-refractivity contribution in [3.63, 3.8) is 0 Å². The Morgan fingerprint density at radius 2 is 2.10 bits per heavy atom. The number of aromatic nitrogens is 1. The average Bonchev–Trinajstić information content (AvgIpc) is 2.37. The van der Waals surface area contributed by atoms with E-state index in [1.165, 1.54) is 6.20 Å². The lowest BCUT2D eigenvalue weighted by atomic mass is 10.2. The van der Waals surface area contributed by atoms with Gasteiger partial charge in [0.05, 0.1) is 17.0 Å². The van der Waals surface area contributed by atoms with Crippen molar-refractivity contribution in [2.24, 2.45) is 0 Å². The van der Waals surface area contributed by atoms with Gasteiger partial charge in [-0.2, -0.15) is 0 Å². The van der Waals surface area contributed by atoms with Crippen molar-refractivity contribution >= 4 is 21.6 Å². The topological polar surface area (TPSA) is 100 Å². The molecule has 0 spiro atoms. The predicted molar refractivity (Wildman–Crippen MR) is 78.3 cm³/mol. The zero-order valence-corrected chi connectivity index (χ0v) is 12.7. The lowest BCUT2D eigenvalue weighted by molar-refractivity contribution is 0.0956. The van der Waals surface area contributed by atoms with Crippen molar-refractivity contribution < 1.29 is 13.2 Å². The quantitative estimate of drug-likeness (QED) is 0.663. The summed E-state index contributed by atoms with van der Waals surface area (Å²) < 4.78 is 25.2. The number of hydrogen-bond donors (Lipinski definition) is 3. The zero-order valence-electron chi connectivity index (χ0n) is 11.9. The van der Waals surface area contributed by atoms with Crippen LogP contribution < -0.4 is 15.4 Å². The van der Waals surface area contributed by atoms with Gasteiger partial charge in [-0.3, -0.25) is 9.78 Å². The van der Waals surface area contributed by atoms with Crippen molar-refractivity contribution in [1.82, 2.24) is 15.0 Å². The van der Waals surface area contributed by atoms with E-state index in [2.05, 4.69) is 20.3 Å². The first-order valence-electron chi connectivity index (χ1n) is 6.29. The Hall–Kier alpha value is -1.67. The summed E-state index contributed by atoms with van der Waals surface area (Å²) in [5.41, 5.74) is 1.84. The highest BCUT2D eigenvalue weighted by Crippen LogP contribution is 2.14. The van der Waals surface area contributed by atoms with E-state index in [1.807, 2.05) is 6.92 Å². The van der Waals surface area contributed by atoms with Crippen LogP contribution in [-0.4, -0.2) is 45.2 Å². The van der Waals surface area contributed by atoms with Crippen LogP contribution >= 0.6 is 0 Å². The Balaban J connectivity index is 2.64. The van der Waals surface area contributed by atoms with Crippen LogP contribution in [0.2, 0.25) is 0 Å². The lowest BCUT2D eigenvalue weighted by Crippen LogP contribution is -2.34. The smallest absolute Gasteiger partial charge is 0.254 e. The van der Waals surface area contributed by atoms with Gasteiger partial charge >= 0.3 is 0 Å². The maximum atomic E-state index is 12.0. The summed E-state index contributed by atoms with van der Waals surface area (Å²) in [6, 6.07) is 1.75. The molecule has 0 unspecified atom stereocenters. The molecule has 1 amide bonds. The molecular weight excluding hydrogens is 280 g/mol. The van der Waals surface area contributed by atoms with Gasteiger partial charge in [-0.25, -0.2) is 13.1 Å². The van der Waals surface area contributed by atoms with Crippen molar-refractivity contribution in [1.29, 1.82) is 0 Å². The van der Waals surface area contributed by atoms with Gasteiger partial charge in [-0.05, 0) is 13.0 Å². The van der Waals surface area contributed by atoms with E-state index in [9.17, 15) is 13.2 Å². The number of sulfonamides is 1. The number of amides is 1. The first-order valence-corrected chi connectivity index (χ1v) is 7.94. The molecule has 0 radical (unpaired) electrons. The number of aryl methyl sites for hydroxylation is 1. The minimum atomic E-state index is -3.33. The fourth-order valence-corrected chi connectivity index (χ4v) is 2.59. The fraction of sp³-hybridized carbons (Fsp3) is 0.500. The van der Waals surface area contributed by atoms with Crippen LogP contribution in [0.25, 0.3) is 0 Å². The maximum absolute atomic E-state index is 12.0. The van der Waals surface area contributed by atoms with Gasteiger partial charge < -0.3 is 10.6 Å². The van der Waals surface area contributed by atoms with E-state index in [-0.39, 0.29) is 18.2 Å². The van der Waals surface area contributed by atoms with Gasteiger partial charge in [0, 0.05) is 32.0 Å². The molecule has 1 aromatic rings. The number of nitrogens with one attached hydrogen (secondary N) is 3. The largest absolute Gasteiger partial charge is 0.387 e. The fourth-order valence-electron chi connectivity index (χ4n) is 1.63. The number of hydrogen-bond acceptors (Lipinski definition) is 5. The van der Waals surface area contributed by atoms with E-state index in [0.29, 0.717) is 17.8 Å². The molecule has 0 aromatic carbocycles. The van der Waals surface area contributed by atoms with Gasteiger partial charge in [0.15, 0.2) is 0 Å². The highest BCUT2D eigenvalue weighted by atomic mass is 32.2. The van der Waals surface area contributed by atoms with Crippen LogP contribution in [-0.2, 0) is 10.0 Å². The molecule has 0 aliphatic heterocycles. The minimum Gasteiger partial charge on any atom is -0.387 e. The summed E-state index contributed by atoms with van der Waals surface area (Å²) in [4.78, 5) is 16.0. The van der Waals surface area contributed by atoms with Crippen LogP contribution in [0.3, 0.4) is 0 Å². The Morgan fingerprint density at radius 1 is 1.40 bits per heavy atom. The monoisotopic (exact) mass is 300 g/mol. The van der Waals surface area contributed by atoms with Crippen molar-refractivity contribution in [3.05, 3.63) is 23.5 Å². The third-order valence-electron chi connectivity index (χ3n) is 2.58. The SMILES string of the molecule is CCNS(=O)(=O)CCNC(=O)c1cnc(C)cc1NC. The zero-order chi connectivity index (χ0) is 15.2. The molecule has 0 aliphatic rings. The number of carbonyl (C=O) groups is 1. The van der Waals surface area contributed by atoms with Crippen LogP contribution in [0.15, 0.2) is 12.3 Å². The molecule has 20 heavy (non-hydrogen) atoms. The average molecular weight is 300 g/mol. The molecule has 1 rings (SSSR count). The van der Waals surface area contributed by atoms with Gasteiger partial charge in [-0.1, -0.05) is 6.92 Å². The summed E-state index contributed by atoms with van der Waals surface area (Å²) in [6.07, 6.45) is 1.47. The van der Waals surface area contributed by atoms with E-state index < -0.39 is 10.0 Å². The molecule has 1 heterocycles. The first kappa shape index (κ1) is 16.4. The summed E-state index contributed by atoms with van der Waals surface area (Å²) in [5.74, 6) is -0.505. The Morgan fingerprint density at radius 3 is 2.70 bits per heavy atom. The molecule has 112 valence electrons. The summed E-state index contributed by atoms with van der Waals surface area (Å²) in [6.45, 7) is 3.91. The molecule has 0 saturated heterocycles. The van der Waals surface area contributed by atoms with Crippen molar-refractivity contribution in [2.75, 3.05) is 31.2 Å². The summed E-state index contributed by atoms with van der Waals surface area (Å²) in [5, 5.41) is 5.48. The second kappa shape index (κ2) is 7.20. The maximum Gasteiger partial charge on any atom is 0.254 e. The molecule has 7 nitrogen and oxygen atoms in total. The summed E-state index contributed by atoms with van der Waals surface area (Å²) >= 11 is 0. The summed E-state index contributed by atoms with van der Waals surface area (Å²) in [7, 11) is -1.62. The molecule has 0 atom stereocenters. The third-order valence-corrected chi connectivity index (χ3v) is 4.05. The Bertz CT molecular complexity index is 572. The molecule has 8 heteroatoms. The lowest BCUT2D eigenvalue weighted by Gasteiger charge is -2.10. The van der Waals surface area contributed by atoms with Gasteiger partial charge in [0.25, 0.3) is 5.91 Å². The van der Waals surface area contributed by atoms with E-state index >= 15 is 0 Å². The van der Waals surface area contributed by atoms with Crippen LogP contribution in [0, 0.1) is 6.92 Å². The van der Waals surface area contributed by atoms with Gasteiger partial charge in [-0.15, -0.1) is 0 Å². The minimum absolute atomic E-state index is 0.0468. The van der Waals surface area contributed by atoms with Crippen molar-refractivity contribution in [3.8, 4) is 0 Å². The second-order valence-corrected chi connectivity index (χ2v) is 6.12. The second-order valence-electron chi connectivity index (χ2n) is 4.19. The molecule has 0 saturated carbocycles. The molecular formula is C12H20N4O3S. The van der Waals surface area contributed by atoms with E-state index in [4.69, 9.17) is 0 Å². The Labute approximate surface area is 119 Å². The molecule has 0 bridgehead atoms. The van der Waals surface area contributed by atoms with Crippen LogP contribution in [0.1, 0.15) is 23.0 Å². The highest BCUT2D eigenvalue weighted by Gasteiger charge is 2.13. The van der Waals surface area contributed by atoms with Gasteiger partial charge in [0.2, 0.25) is 10.0 Å². The third kappa shape index (κ3) is 4.78. The molecule has 0 aliphatic carbocycles. The predicted octanol–water partition coefficient (Wildman–Crippen LogP) is 0.101. The van der Waals surface area contributed by atoms with E-state index in [1.54, 1.807) is 20.0 Å². The first-order chi connectivity index (χ1) is 9.39. The number of carbonyl (C=O) groups excluding carboxylic acids is 1. The molecule has 1 aromatic heterocycles. The van der Waals surface area contributed by atoms with Crippen molar-refractivity contribution in [2.45, 2.75) is 13.8 Å². The number of pyridine rings is 1. The number of anilines is 1.